The number of hydrogen-bond donors (Lipinski definition) is 2. The van der Waals surface area contributed by atoms with Crippen molar-refractivity contribution in [1.29, 1.82) is 0 Å². The Labute approximate surface area is 157 Å². The number of nitrogens with one attached hydrogen (secondary N) is 2. The van der Waals surface area contributed by atoms with Gasteiger partial charge in [-0.25, -0.2) is 4.98 Å². The number of anilines is 2. The SMILES string of the molecule is O=C(CNc1nc(-c2cccc([N+](=O)[O-])c2)cs1)Nc1ccc(Cl)cc1. The predicted octanol–water partition coefficient (Wildman–Crippen LogP) is 4.42. The number of halogens is 1. The number of carbonyl (C=O) groups is 1. The maximum Gasteiger partial charge on any atom is 0.270 e. The van der Waals surface area contributed by atoms with E-state index >= 15 is 0 Å². The van der Waals surface area contributed by atoms with E-state index in [4.69, 9.17) is 11.6 Å². The number of thiazole rings is 1. The molecule has 9 heteroatoms. The predicted molar refractivity (Wildman–Crippen MR) is 103 cm³/mol. The number of aromatic nitrogens is 1. The summed E-state index contributed by atoms with van der Waals surface area (Å²) in [5.74, 6) is -0.223. The maximum atomic E-state index is 12.0. The van der Waals surface area contributed by atoms with Crippen LogP contribution in [-0.2, 0) is 4.79 Å². The van der Waals surface area contributed by atoms with E-state index in [1.54, 1.807) is 41.8 Å². The highest BCUT2D eigenvalue weighted by molar-refractivity contribution is 7.14. The van der Waals surface area contributed by atoms with Crippen LogP contribution in [0, 0.1) is 10.1 Å². The molecule has 0 spiro atoms. The fourth-order valence-corrected chi connectivity index (χ4v) is 3.01. The minimum atomic E-state index is -0.448. The molecule has 1 heterocycles. The van der Waals surface area contributed by atoms with Gasteiger partial charge in [-0.1, -0.05) is 23.7 Å². The molecule has 0 atom stereocenters. The highest BCUT2D eigenvalue weighted by Crippen LogP contribution is 2.27. The molecule has 0 saturated carbocycles. The van der Waals surface area contributed by atoms with E-state index in [-0.39, 0.29) is 18.1 Å². The second-order valence-corrected chi connectivity index (χ2v) is 6.55. The van der Waals surface area contributed by atoms with Crippen molar-refractivity contribution in [3.05, 3.63) is 69.0 Å². The van der Waals surface area contributed by atoms with Gasteiger partial charge in [0.05, 0.1) is 17.2 Å². The average molecular weight is 389 g/mol. The lowest BCUT2D eigenvalue weighted by Crippen LogP contribution is -2.21. The summed E-state index contributed by atoms with van der Waals surface area (Å²) in [6, 6.07) is 13.1. The van der Waals surface area contributed by atoms with Crippen molar-refractivity contribution in [3.8, 4) is 11.3 Å². The standard InChI is InChI=1S/C17H13ClN4O3S/c18-12-4-6-13(7-5-12)20-16(23)9-19-17-21-15(10-26-17)11-2-1-3-14(8-11)22(24)25/h1-8,10H,9H2,(H,19,21)(H,20,23). The summed E-state index contributed by atoms with van der Waals surface area (Å²) in [6.45, 7) is 0.0461. The molecule has 0 aliphatic heterocycles. The Kier molecular flexibility index (Phi) is 5.45. The van der Waals surface area contributed by atoms with E-state index in [0.29, 0.717) is 27.1 Å². The zero-order valence-electron chi connectivity index (χ0n) is 13.3. The van der Waals surface area contributed by atoms with E-state index < -0.39 is 4.92 Å². The lowest BCUT2D eigenvalue weighted by atomic mass is 10.1. The third-order valence-electron chi connectivity index (χ3n) is 3.39. The molecule has 0 aliphatic carbocycles. The van der Waals surface area contributed by atoms with Crippen LogP contribution in [0.3, 0.4) is 0 Å². The molecule has 0 radical (unpaired) electrons. The van der Waals surface area contributed by atoms with E-state index in [2.05, 4.69) is 15.6 Å². The van der Waals surface area contributed by atoms with Crippen LogP contribution >= 0.6 is 22.9 Å². The molecule has 2 aromatic carbocycles. The van der Waals surface area contributed by atoms with E-state index in [9.17, 15) is 14.9 Å². The summed E-state index contributed by atoms with van der Waals surface area (Å²) in [5, 5.41) is 19.5. The Morgan fingerprint density at radius 2 is 2.00 bits per heavy atom. The summed E-state index contributed by atoms with van der Waals surface area (Å²) >= 11 is 7.12. The number of nitrogens with zero attached hydrogens (tertiary/aromatic N) is 2. The van der Waals surface area contributed by atoms with Crippen LogP contribution < -0.4 is 10.6 Å². The van der Waals surface area contributed by atoms with Crippen molar-refractivity contribution in [3.63, 3.8) is 0 Å². The first-order valence-corrected chi connectivity index (χ1v) is 8.77. The summed E-state index contributed by atoms with van der Waals surface area (Å²) in [4.78, 5) is 26.7. The molecule has 0 unspecified atom stereocenters. The number of nitro groups is 1. The van der Waals surface area contributed by atoms with Crippen LogP contribution in [0.1, 0.15) is 0 Å². The largest absolute Gasteiger partial charge is 0.352 e. The molecule has 7 nitrogen and oxygen atoms in total. The first-order chi connectivity index (χ1) is 12.5. The smallest absolute Gasteiger partial charge is 0.270 e. The Bertz CT molecular complexity index is 943. The third-order valence-corrected chi connectivity index (χ3v) is 4.44. The molecule has 0 aliphatic rings. The van der Waals surface area contributed by atoms with Crippen LogP contribution in [0.4, 0.5) is 16.5 Å². The third kappa shape index (κ3) is 4.56. The minimum Gasteiger partial charge on any atom is -0.352 e. The number of benzene rings is 2. The molecule has 1 aromatic heterocycles. The minimum absolute atomic E-state index is 0.00681. The van der Waals surface area contributed by atoms with Crippen molar-refractivity contribution < 1.29 is 9.72 Å². The van der Waals surface area contributed by atoms with Crippen LogP contribution in [0.5, 0.6) is 0 Å². The lowest BCUT2D eigenvalue weighted by Gasteiger charge is -2.05. The summed E-state index contributed by atoms with van der Waals surface area (Å²) < 4.78 is 0. The van der Waals surface area contributed by atoms with E-state index in [0.717, 1.165) is 0 Å². The molecule has 3 rings (SSSR count). The van der Waals surface area contributed by atoms with Crippen molar-refractivity contribution in [2.75, 3.05) is 17.2 Å². The number of rotatable bonds is 6. The Morgan fingerprint density at radius 3 is 2.73 bits per heavy atom. The molecule has 0 saturated heterocycles. The number of nitro benzene ring substituents is 1. The van der Waals surface area contributed by atoms with Crippen LogP contribution in [0.15, 0.2) is 53.9 Å². The zero-order valence-corrected chi connectivity index (χ0v) is 14.9. The van der Waals surface area contributed by atoms with Gasteiger partial charge in [0.25, 0.3) is 5.69 Å². The van der Waals surface area contributed by atoms with Gasteiger partial charge in [-0.05, 0) is 24.3 Å². The molecular weight excluding hydrogens is 376 g/mol. The van der Waals surface area contributed by atoms with Gasteiger partial charge < -0.3 is 10.6 Å². The number of amides is 1. The van der Waals surface area contributed by atoms with Gasteiger partial charge in [0.2, 0.25) is 5.91 Å². The van der Waals surface area contributed by atoms with Gasteiger partial charge in [0, 0.05) is 33.8 Å². The normalized spacial score (nSPS) is 10.3. The monoisotopic (exact) mass is 388 g/mol. The molecule has 132 valence electrons. The fourth-order valence-electron chi connectivity index (χ4n) is 2.16. The lowest BCUT2D eigenvalue weighted by molar-refractivity contribution is -0.384. The molecular formula is C17H13ClN4O3S. The van der Waals surface area contributed by atoms with Gasteiger partial charge >= 0.3 is 0 Å². The second-order valence-electron chi connectivity index (χ2n) is 5.25. The van der Waals surface area contributed by atoms with Gasteiger partial charge in [0.1, 0.15) is 0 Å². The van der Waals surface area contributed by atoms with Gasteiger partial charge in [-0.2, -0.15) is 0 Å². The van der Waals surface area contributed by atoms with Crippen LogP contribution in [0.2, 0.25) is 5.02 Å². The summed E-state index contributed by atoms with van der Waals surface area (Å²) in [6.07, 6.45) is 0. The topological polar surface area (TPSA) is 97.2 Å². The molecule has 26 heavy (non-hydrogen) atoms. The fraction of sp³-hybridized carbons (Fsp3) is 0.0588. The highest BCUT2D eigenvalue weighted by atomic mass is 35.5. The first kappa shape index (κ1) is 17.8. The number of carbonyl (C=O) groups excluding carboxylic acids is 1. The van der Waals surface area contributed by atoms with Crippen LogP contribution in [0.25, 0.3) is 11.3 Å². The van der Waals surface area contributed by atoms with Crippen molar-refractivity contribution >= 4 is 45.4 Å². The Hall–Kier alpha value is -2.97. The van der Waals surface area contributed by atoms with Gasteiger partial charge in [-0.3, -0.25) is 14.9 Å². The summed E-state index contributed by atoms with van der Waals surface area (Å²) in [5.41, 5.74) is 1.92. The average Bonchev–Trinajstić information content (AvgIpc) is 3.11. The van der Waals surface area contributed by atoms with E-state index in [1.165, 1.54) is 23.5 Å². The zero-order chi connectivity index (χ0) is 18.5. The first-order valence-electron chi connectivity index (χ1n) is 7.51. The van der Waals surface area contributed by atoms with Crippen LogP contribution in [-0.4, -0.2) is 22.4 Å². The Morgan fingerprint density at radius 1 is 1.23 bits per heavy atom. The van der Waals surface area contributed by atoms with Crippen molar-refractivity contribution in [1.82, 2.24) is 4.98 Å². The molecule has 0 bridgehead atoms. The molecule has 3 aromatic rings. The molecule has 0 fully saturated rings. The molecule has 2 N–H and O–H groups in total. The van der Waals surface area contributed by atoms with Gasteiger partial charge in [-0.15, -0.1) is 11.3 Å². The quantitative estimate of drug-likeness (QED) is 0.481. The van der Waals surface area contributed by atoms with E-state index in [1.807, 2.05) is 0 Å². The Balaban J connectivity index is 1.60. The maximum absolute atomic E-state index is 12.0. The van der Waals surface area contributed by atoms with Crippen molar-refractivity contribution in [2.24, 2.45) is 0 Å². The highest BCUT2D eigenvalue weighted by Gasteiger charge is 2.10. The van der Waals surface area contributed by atoms with Crippen molar-refractivity contribution in [2.45, 2.75) is 0 Å². The summed E-state index contributed by atoms with van der Waals surface area (Å²) in [7, 11) is 0. The second kappa shape index (κ2) is 7.94. The number of hydrogen-bond acceptors (Lipinski definition) is 6. The van der Waals surface area contributed by atoms with Gasteiger partial charge in [0.15, 0.2) is 5.13 Å². The number of non-ortho nitro benzene ring substituents is 1. The molecule has 1 amide bonds.